The molecule has 7 nitrogen and oxygen atoms in total. The van der Waals surface area contributed by atoms with Crippen LogP contribution < -0.4 is 5.32 Å². The lowest BCUT2D eigenvalue weighted by molar-refractivity contribution is -0.385. The van der Waals surface area contributed by atoms with E-state index in [1.165, 1.54) is 12.1 Å². The molecule has 7 heteroatoms. The van der Waals surface area contributed by atoms with Gasteiger partial charge in [-0.2, -0.15) is 5.26 Å². The van der Waals surface area contributed by atoms with Crippen LogP contribution in [-0.2, 0) is 0 Å². The molecule has 0 amide bonds. The van der Waals surface area contributed by atoms with E-state index >= 15 is 0 Å². The van der Waals surface area contributed by atoms with Crippen molar-refractivity contribution >= 4 is 11.5 Å². The van der Waals surface area contributed by atoms with Crippen molar-refractivity contribution in [3.8, 4) is 6.07 Å². The molecule has 0 bridgehead atoms. The Morgan fingerprint density at radius 1 is 1.53 bits per heavy atom. The SMILES string of the molecule is N#Cc1nc(NCC2(O)CCCC2)ccc1[N+](=O)[O-]. The van der Waals surface area contributed by atoms with Gasteiger partial charge < -0.3 is 10.4 Å². The van der Waals surface area contributed by atoms with Crippen LogP contribution in [0.25, 0.3) is 0 Å². The topological polar surface area (TPSA) is 112 Å². The lowest BCUT2D eigenvalue weighted by Gasteiger charge is -2.22. The molecular formula is C12H14N4O3. The Balaban J connectivity index is 2.09. The third kappa shape index (κ3) is 2.98. The Kier molecular flexibility index (Phi) is 3.62. The highest BCUT2D eigenvalue weighted by Gasteiger charge is 2.30. The molecule has 2 N–H and O–H groups in total. The maximum Gasteiger partial charge on any atom is 0.305 e. The quantitative estimate of drug-likeness (QED) is 0.629. The zero-order valence-corrected chi connectivity index (χ0v) is 10.3. The minimum atomic E-state index is -0.740. The van der Waals surface area contributed by atoms with E-state index in [1.807, 2.05) is 0 Å². The van der Waals surface area contributed by atoms with E-state index in [4.69, 9.17) is 5.26 Å². The summed E-state index contributed by atoms with van der Waals surface area (Å²) in [6.07, 6.45) is 3.46. The van der Waals surface area contributed by atoms with Crippen LogP contribution in [-0.4, -0.2) is 27.2 Å². The Bertz CT molecular complexity index is 532. The predicted octanol–water partition coefficient (Wildman–Crippen LogP) is 1.58. The highest BCUT2D eigenvalue weighted by Crippen LogP contribution is 2.29. The zero-order valence-electron chi connectivity index (χ0n) is 10.3. The molecule has 0 aliphatic heterocycles. The Morgan fingerprint density at radius 3 is 2.79 bits per heavy atom. The van der Waals surface area contributed by atoms with Crippen molar-refractivity contribution in [2.24, 2.45) is 0 Å². The molecule has 1 saturated carbocycles. The molecule has 1 aliphatic carbocycles. The fraction of sp³-hybridized carbons (Fsp3) is 0.500. The average molecular weight is 262 g/mol. The predicted molar refractivity (Wildman–Crippen MR) is 67.5 cm³/mol. The van der Waals surface area contributed by atoms with Crippen LogP contribution in [0.5, 0.6) is 0 Å². The number of hydrogen-bond acceptors (Lipinski definition) is 6. The maximum absolute atomic E-state index is 10.7. The minimum absolute atomic E-state index is 0.228. The molecule has 2 rings (SSSR count). The minimum Gasteiger partial charge on any atom is -0.388 e. The first-order valence-corrected chi connectivity index (χ1v) is 6.06. The molecule has 1 aromatic heterocycles. The standard InChI is InChI=1S/C12H14N4O3/c13-7-9-10(16(18)19)3-4-11(15-9)14-8-12(17)5-1-2-6-12/h3-4,17H,1-2,5-6,8H2,(H,14,15). The number of nitro groups is 1. The van der Waals surface area contributed by atoms with Crippen molar-refractivity contribution < 1.29 is 10.0 Å². The molecule has 0 unspecified atom stereocenters. The Labute approximate surface area is 110 Å². The van der Waals surface area contributed by atoms with E-state index in [0.717, 1.165) is 25.7 Å². The van der Waals surface area contributed by atoms with Crippen LogP contribution >= 0.6 is 0 Å². The van der Waals surface area contributed by atoms with E-state index < -0.39 is 10.5 Å². The first kappa shape index (κ1) is 13.2. The molecule has 1 aromatic rings. The second kappa shape index (κ2) is 5.20. The fourth-order valence-corrected chi connectivity index (χ4v) is 2.24. The number of nitrogens with zero attached hydrogens (tertiary/aromatic N) is 3. The first-order chi connectivity index (χ1) is 9.04. The number of pyridine rings is 1. The number of aromatic nitrogens is 1. The summed E-state index contributed by atoms with van der Waals surface area (Å²) in [6.45, 7) is 0.336. The molecule has 1 fully saturated rings. The number of nitriles is 1. The summed E-state index contributed by atoms with van der Waals surface area (Å²) in [6, 6.07) is 4.38. The number of rotatable bonds is 4. The van der Waals surface area contributed by atoms with Crippen LogP contribution in [0, 0.1) is 21.4 Å². The van der Waals surface area contributed by atoms with Crippen molar-refractivity contribution in [2.75, 3.05) is 11.9 Å². The van der Waals surface area contributed by atoms with Gasteiger partial charge in [0.05, 0.1) is 10.5 Å². The third-order valence-corrected chi connectivity index (χ3v) is 3.31. The van der Waals surface area contributed by atoms with Gasteiger partial charge in [-0.3, -0.25) is 10.1 Å². The van der Waals surface area contributed by atoms with E-state index in [-0.39, 0.29) is 11.4 Å². The van der Waals surface area contributed by atoms with Crippen LogP contribution in [0.4, 0.5) is 11.5 Å². The van der Waals surface area contributed by atoms with Gasteiger partial charge in [-0.25, -0.2) is 4.98 Å². The monoisotopic (exact) mass is 262 g/mol. The van der Waals surface area contributed by atoms with Gasteiger partial charge >= 0.3 is 5.69 Å². The van der Waals surface area contributed by atoms with Crippen molar-refractivity contribution in [3.63, 3.8) is 0 Å². The summed E-state index contributed by atoms with van der Waals surface area (Å²) in [5.74, 6) is 0.363. The van der Waals surface area contributed by atoms with E-state index in [1.54, 1.807) is 6.07 Å². The molecule has 0 aromatic carbocycles. The second-order valence-electron chi connectivity index (χ2n) is 4.72. The molecule has 0 spiro atoms. The zero-order chi connectivity index (χ0) is 13.9. The van der Waals surface area contributed by atoms with Crippen molar-refractivity contribution in [3.05, 3.63) is 27.9 Å². The van der Waals surface area contributed by atoms with Gasteiger partial charge in [0.25, 0.3) is 0 Å². The molecule has 1 heterocycles. The smallest absolute Gasteiger partial charge is 0.305 e. The van der Waals surface area contributed by atoms with Crippen LogP contribution in [0.2, 0.25) is 0 Å². The van der Waals surface area contributed by atoms with Crippen molar-refractivity contribution in [1.29, 1.82) is 5.26 Å². The van der Waals surface area contributed by atoms with Crippen LogP contribution in [0.1, 0.15) is 31.4 Å². The Hall–Kier alpha value is -2.20. The van der Waals surface area contributed by atoms with Crippen molar-refractivity contribution in [1.82, 2.24) is 4.98 Å². The van der Waals surface area contributed by atoms with Gasteiger partial charge in [0, 0.05) is 12.6 Å². The molecule has 1 aliphatic rings. The molecular weight excluding hydrogens is 248 g/mol. The lowest BCUT2D eigenvalue weighted by Crippen LogP contribution is -2.33. The van der Waals surface area contributed by atoms with Gasteiger partial charge in [0.1, 0.15) is 11.9 Å². The molecule has 100 valence electrons. The van der Waals surface area contributed by atoms with E-state index in [9.17, 15) is 15.2 Å². The second-order valence-corrected chi connectivity index (χ2v) is 4.72. The average Bonchev–Trinajstić information content (AvgIpc) is 2.83. The van der Waals surface area contributed by atoms with Crippen molar-refractivity contribution in [2.45, 2.75) is 31.3 Å². The molecule has 0 radical (unpaired) electrons. The largest absolute Gasteiger partial charge is 0.388 e. The number of anilines is 1. The highest BCUT2D eigenvalue weighted by atomic mass is 16.6. The summed E-state index contributed by atoms with van der Waals surface area (Å²) in [5, 5.41) is 32.6. The van der Waals surface area contributed by atoms with E-state index in [2.05, 4.69) is 10.3 Å². The Morgan fingerprint density at radius 2 is 2.21 bits per heavy atom. The fourth-order valence-electron chi connectivity index (χ4n) is 2.24. The van der Waals surface area contributed by atoms with Gasteiger partial charge in [-0.15, -0.1) is 0 Å². The number of aliphatic hydroxyl groups is 1. The number of hydrogen-bond donors (Lipinski definition) is 2. The molecule has 0 atom stereocenters. The van der Waals surface area contributed by atoms with Gasteiger partial charge in [-0.05, 0) is 18.9 Å². The third-order valence-electron chi connectivity index (χ3n) is 3.31. The summed E-state index contributed by atoms with van der Waals surface area (Å²) >= 11 is 0. The van der Waals surface area contributed by atoms with Gasteiger partial charge in [0.2, 0.25) is 5.69 Å². The van der Waals surface area contributed by atoms with Gasteiger partial charge in [-0.1, -0.05) is 12.8 Å². The summed E-state index contributed by atoms with van der Waals surface area (Å²) in [5.41, 5.74) is -1.28. The first-order valence-electron chi connectivity index (χ1n) is 6.06. The van der Waals surface area contributed by atoms with Crippen LogP contribution in [0.3, 0.4) is 0 Å². The van der Waals surface area contributed by atoms with Crippen LogP contribution in [0.15, 0.2) is 12.1 Å². The van der Waals surface area contributed by atoms with Gasteiger partial charge in [0.15, 0.2) is 0 Å². The summed E-state index contributed by atoms with van der Waals surface area (Å²) in [4.78, 5) is 13.9. The molecule has 0 saturated heterocycles. The molecule has 19 heavy (non-hydrogen) atoms. The maximum atomic E-state index is 10.7. The lowest BCUT2D eigenvalue weighted by atomic mass is 10.0. The normalized spacial score (nSPS) is 16.8. The number of nitrogens with one attached hydrogen (secondary N) is 1. The highest BCUT2D eigenvalue weighted by molar-refractivity contribution is 5.50. The summed E-state index contributed by atoms with van der Waals surface area (Å²) < 4.78 is 0. The summed E-state index contributed by atoms with van der Waals surface area (Å²) in [7, 11) is 0. The van der Waals surface area contributed by atoms with E-state index in [0.29, 0.717) is 12.4 Å².